The summed E-state index contributed by atoms with van der Waals surface area (Å²) < 4.78 is 1.57. The van der Waals surface area contributed by atoms with Crippen LogP contribution in [0.25, 0.3) is 28.1 Å². The molecule has 0 aliphatic rings. The van der Waals surface area contributed by atoms with Gasteiger partial charge in [0, 0.05) is 24.1 Å². The van der Waals surface area contributed by atoms with E-state index in [1.165, 1.54) is 0 Å². The number of fused-ring (bicyclic) bond motifs is 1. The van der Waals surface area contributed by atoms with Crippen LogP contribution >= 0.6 is 0 Å². The van der Waals surface area contributed by atoms with Crippen LogP contribution in [-0.2, 0) is 11.8 Å². The number of rotatable bonds is 3. The normalized spacial score (nSPS) is 11.2. The summed E-state index contributed by atoms with van der Waals surface area (Å²) in [6.07, 6.45) is 2.64. The number of carboxylic acids is 1. The Hall–Kier alpha value is -3.14. The van der Waals surface area contributed by atoms with E-state index >= 15 is 0 Å². The highest BCUT2D eigenvalue weighted by Gasteiger charge is 2.14. The first-order valence-corrected chi connectivity index (χ1v) is 7.17. The van der Waals surface area contributed by atoms with E-state index in [0.29, 0.717) is 11.1 Å². The molecule has 4 heteroatoms. The maximum Gasteiger partial charge on any atom is 0.328 e. The third kappa shape index (κ3) is 2.66. The van der Waals surface area contributed by atoms with E-state index in [0.717, 1.165) is 22.6 Å². The first kappa shape index (κ1) is 14.8. The van der Waals surface area contributed by atoms with E-state index in [4.69, 9.17) is 5.11 Å². The summed E-state index contributed by atoms with van der Waals surface area (Å²) in [6.45, 7) is 0. The summed E-state index contributed by atoms with van der Waals surface area (Å²) in [7, 11) is 1.70. The van der Waals surface area contributed by atoms with E-state index in [1.807, 2.05) is 42.5 Å². The lowest BCUT2D eigenvalue weighted by atomic mass is 9.98. The molecular weight excluding hydrogens is 290 g/mol. The predicted molar refractivity (Wildman–Crippen MR) is 91.3 cm³/mol. The number of pyridine rings is 1. The van der Waals surface area contributed by atoms with Gasteiger partial charge in [-0.15, -0.1) is 0 Å². The number of carbonyl (C=O) groups is 1. The van der Waals surface area contributed by atoms with Crippen LogP contribution in [0.5, 0.6) is 0 Å². The molecule has 0 amide bonds. The van der Waals surface area contributed by atoms with Crippen molar-refractivity contribution in [2.24, 2.45) is 7.05 Å². The number of aromatic nitrogens is 1. The van der Waals surface area contributed by atoms with Crippen LogP contribution in [0.3, 0.4) is 0 Å². The van der Waals surface area contributed by atoms with E-state index in [1.54, 1.807) is 29.8 Å². The molecule has 3 aromatic rings. The second-order valence-corrected chi connectivity index (χ2v) is 5.21. The SMILES string of the molecule is Cn1c(-c2ccccc2)c(/C=C/C(=O)O)c2ccccc2c1=O. The zero-order valence-corrected chi connectivity index (χ0v) is 12.6. The van der Waals surface area contributed by atoms with Gasteiger partial charge in [-0.05, 0) is 23.1 Å². The van der Waals surface area contributed by atoms with E-state index in [-0.39, 0.29) is 5.56 Å². The van der Waals surface area contributed by atoms with Crippen LogP contribution in [0.1, 0.15) is 5.56 Å². The monoisotopic (exact) mass is 305 g/mol. The molecule has 0 saturated carbocycles. The summed E-state index contributed by atoms with van der Waals surface area (Å²) >= 11 is 0. The molecular formula is C19H15NO3. The minimum atomic E-state index is -1.03. The van der Waals surface area contributed by atoms with Gasteiger partial charge in [0.1, 0.15) is 0 Å². The number of hydrogen-bond acceptors (Lipinski definition) is 2. The lowest BCUT2D eigenvalue weighted by Gasteiger charge is -2.15. The quantitative estimate of drug-likeness (QED) is 0.755. The minimum Gasteiger partial charge on any atom is -0.478 e. The highest BCUT2D eigenvalue weighted by atomic mass is 16.4. The molecule has 1 heterocycles. The molecule has 0 aliphatic carbocycles. The summed E-state index contributed by atoms with van der Waals surface area (Å²) in [5, 5.41) is 10.3. The molecule has 0 bridgehead atoms. The van der Waals surface area contributed by atoms with Gasteiger partial charge in [0.25, 0.3) is 5.56 Å². The highest BCUT2D eigenvalue weighted by Crippen LogP contribution is 2.29. The van der Waals surface area contributed by atoms with Crippen LogP contribution in [0, 0.1) is 0 Å². The Labute approximate surface area is 132 Å². The first-order chi connectivity index (χ1) is 11.1. The molecule has 0 saturated heterocycles. The van der Waals surface area contributed by atoms with Crippen LogP contribution in [0.4, 0.5) is 0 Å². The Balaban J connectivity index is 2.46. The van der Waals surface area contributed by atoms with Crippen molar-refractivity contribution in [1.82, 2.24) is 4.57 Å². The first-order valence-electron chi connectivity index (χ1n) is 7.17. The van der Waals surface area contributed by atoms with Crippen LogP contribution in [0.2, 0.25) is 0 Å². The molecule has 0 spiro atoms. The number of nitrogens with zero attached hydrogens (tertiary/aromatic N) is 1. The summed E-state index contributed by atoms with van der Waals surface area (Å²) in [5.41, 5.74) is 2.18. The van der Waals surface area contributed by atoms with Crippen molar-refractivity contribution in [2.45, 2.75) is 0 Å². The molecule has 23 heavy (non-hydrogen) atoms. The largest absolute Gasteiger partial charge is 0.478 e. The standard InChI is InChI=1S/C19H15NO3/c1-20-18(13-7-3-2-4-8-13)15(11-12-17(21)22)14-9-5-6-10-16(14)19(20)23/h2-12H,1H3,(H,21,22)/b12-11+. The van der Waals surface area contributed by atoms with Crippen molar-refractivity contribution < 1.29 is 9.90 Å². The lowest BCUT2D eigenvalue weighted by Crippen LogP contribution is -2.20. The molecule has 0 fully saturated rings. The van der Waals surface area contributed by atoms with Gasteiger partial charge in [-0.3, -0.25) is 4.79 Å². The fourth-order valence-electron chi connectivity index (χ4n) is 2.76. The van der Waals surface area contributed by atoms with Gasteiger partial charge in [0.05, 0.1) is 5.69 Å². The predicted octanol–water partition coefficient (Wildman–Crippen LogP) is 3.30. The van der Waals surface area contributed by atoms with Crippen molar-refractivity contribution in [3.05, 3.63) is 76.6 Å². The van der Waals surface area contributed by atoms with Gasteiger partial charge in [-0.1, -0.05) is 48.5 Å². The Kier molecular flexibility index (Phi) is 3.81. The van der Waals surface area contributed by atoms with Crippen LogP contribution in [-0.4, -0.2) is 15.6 Å². The number of carboxylic acid groups (broad SMARTS) is 1. The van der Waals surface area contributed by atoms with Crippen LogP contribution < -0.4 is 5.56 Å². The van der Waals surface area contributed by atoms with E-state index in [2.05, 4.69) is 0 Å². The molecule has 1 aromatic heterocycles. The molecule has 0 atom stereocenters. The Bertz CT molecular complexity index is 969. The van der Waals surface area contributed by atoms with E-state index in [9.17, 15) is 9.59 Å². The fourth-order valence-corrected chi connectivity index (χ4v) is 2.76. The third-order valence-corrected chi connectivity index (χ3v) is 3.78. The maximum atomic E-state index is 12.6. The topological polar surface area (TPSA) is 59.3 Å². The van der Waals surface area contributed by atoms with Gasteiger partial charge in [0.2, 0.25) is 0 Å². The third-order valence-electron chi connectivity index (χ3n) is 3.78. The van der Waals surface area contributed by atoms with Gasteiger partial charge < -0.3 is 9.67 Å². The zero-order valence-electron chi connectivity index (χ0n) is 12.6. The molecule has 0 unspecified atom stereocenters. The van der Waals surface area contributed by atoms with Gasteiger partial charge >= 0.3 is 5.97 Å². The summed E-state index contributed by atoms with van der Waals surface area (Å²) in [5.74, 6) is -1.03. The highest BCUT2D eigenvalue weighted by molar-refractivity contribution is 5.98. The molecule has 2 aromatic carbocycles. The van der Waals surface area contributed by atoms with Crippen molar-refractivity contribution in [3.63, 3.8) is 0 Å². The van der Waals surface area contributed by atoms with Crippen LogP contribution in [0.15, 0.2) is 65.5 Å². The maximum absolute atomic E-state index is 12.6. The minimum absolute atomic E-state index is 0.105. The van der Waals surface area contributed by atoms with Gasteiger partial charge in [0.15, 0.2) is 0 Å². The lowest BCUT2D eigenvalue weighted by molar-refractivity contribution is -0.131. The molecule has 114 valence electrons. The van der Waals surface area contributed by atoms with E-state index < -0.39 is 5.97 Å². The van der Waals surface area contributed by atoms with Crippen molar-refractivity contribution >= 4 is 22.8 Å². The van der Waals surface area contributed by atoms with Gasteiger partial charge in [-0.2, -0.15) is 0 Å². The van der Waals surface area contributed by atoms with Crippen molar-refractivity contribution in [2.75, 3.05) is 0 Å². The van der Waals surface area contributed by atoms with Crippen molar-refractivity contribution in [3.8, 4) is 11.3 Å². The Morgan fingerprint density at radius 3 is 2.26 bits per heavy atom. The second-order valence-electron chi connectivity index (χ2n) is 5.21. The zero-order chi connectivity index (χ0) is 16.4. The fraction of sp³-hybridized carbons (Fsp3) is 0.0526. The average molecular weight is 305 g/mol. The number of aliphatic carboxylic acids is 1. The van der Waals surface area contributed by atoms with Gasteiger partial charge in [-0.25, -0.2) is 4.79 Å². The number of hydrogen-bond donors (Lipinski definition) is 1. The molecule has 1 N–H and O–H groups in total. The average Bonchev–Trinajstić information content (AvgIpc) is 2.57. The Morgan fingerprint density at radius 1 is 1.00 bits per heavy atom. The molecule has 0 aliphatic heterocycles. The molecule has 0 radical (unpaired) electrons. The molecule has 3 rings (SSSR count). The Morgan fingerprint density at radius 2 is 1.61 bits per heavy atom. The smallest absolute Gasteiger partial charge is 0.328 e. The summed E-state index contributed by atoms with van der Waals surface area (Å²) in [6, 6.07) is 16.7. The summed E-state index contributed by atoms with van der Waals surface area (Å²) in [4.78, 5) is 23.6. The number of benzene rings is 2. The van der Waals surface area contributed by atoms with Crippen molar-refractivity contribution in [1.29, 1.82) is 0 Å². The molecule has 4 nitrogen and oxygen atoms in total. The second kappa shape index (κ2) is 5.93.